The van der Waals surface area contributed by atoms with Gasteiger partial charge in [-0.3, -0.25) is 0 Å². The molecule has 0 N–H and O–H groups in total. The van der Waals surface area contributed by atoms with Gasteiger partial charge < -0.3 is 18.9 Å². The maximum absolute atomic E-state index is 6.03. The first-order chi connectivity index (χ1) is 17.8. The van der Waals surface area contributed by atoms with E-state index in [1.54, 1.807) is 0 Å². The van der Waals surface area contributed by atoms with Crippen LogP contribution in [0.3, 0.4) is 0 Å². The lowest BCUT2D eigenvalue weighted by atomic mass is 9.92. The third-order valence-corrected chi connectivity index (χ3v) is 6.60. The highest BCUT2D eigenvalue weighted by atomic mass is 32.1. The second-order valence-electron chi connectivity index (χ2n) is 8.87. The zero-order chi connectivity index (χ0) is 27.8. The van der Waals surface area contributed by atoms with Gasteiger partial charge in [-0.1, -0.05) is 24.3 Å². The highest BCUT2D eigenvalue weighted by molar-refractivity contribution is 7.80. The first-order valence-electron chi connectivity index (χ1n) is 12.9. The summed E-state index contributed by atoms with van der Waals surface area (Å²) in [7, 11) is 0. The number of ether oxygens (including phenoxy) is 4. The van der Waals surface area contributed by atoms with E-state index in [0.717, 1.165) is 51.4 Å². The Labute approximate surface area is 246 Å². The average molecular weight is 585 g/mol. The summed E-state index contributed by atoms with van der Waals surface area (Å²) >= 11 is 21.9. The summed E-state index contributed by atoms with van der Waals surface area (Å²) in [5.41, 5.74) is -0.712. The second-order valence-corrected chi connectivity index (χ2v) is 10.7. The maximum Gasteiger partial charge on any atom is 0.159 e. The van der Waals surface area contributed by atoms with Crippen LogP contribution in [0.15, 0.2) is 50.6 Å². The molecule has 0 fully saturated rings. The van der Waals surface area contributed by atoms with Crippen LogP contribution in [0.1, 0.15) is 77.0 Å². The molecule has 0 rings (SSSR count). The van der Waals surface area contributed by atoms with Crippen LogP contribution in [0.4, 0.5) is 0 Å². The smallest absolute Gasteiger partial charge is 0.159 e. The van der Waals surface area contributed by atoms with Gasteiger partial charge in [-0.25, -0.2) is 0 Å². The number of thiocarbonyl (C=S) groups is 4. The van der Waals surface area contributed by atoms with Crippen LogP contribution in [-0.2, 0) is 18.9 Å². The molecule has 0 saturated heterocycles. The molecular weight excluding hydrogens is 541 g/mol. The van der Waals surface area contributed by atoms with Crippen molar-refractivity contribution in [2.24, 2.45) is 5.41 Å². The van der Waals surface area contributed by atoms with Crippen LogP contribution < -0.4 is 0 Å². The minimum absolute atomic E-state index is 0.236. The van der Waals surface area contributed by atoms with Crippen LogP contribution in [0.25, 0.3) is 0 Å². The van der Waals surface area contributed by atoms with Gasteiger partial charge in [-0.15, -0.1) is 26.3 Å². The maximum atomic E-state index is 6.03. The van der Waals surface area contributed by atoms with E-state index in [2.05, 4.69) is 26.3 Å². The van der Waals surface area contributed by atoms with E-state index in [-0.39, 0.29) is 26.4 Å². The molecule has 0 unspecified atom stereocenters. The Hall–Kier alpha value is -1.48. The quantitative estimate of drug-likeness (QED) is 0.0633. The minimum atomic E-state index is -0.712. The summed E-state index contributed by atoms with van der Waals surface area (Å²) in [6.07, 6.45) is 17.2. The van der Waals surface area contributed by atoms with Gasteiger partial charge in [0.05, 0.1) is 0 Å². The Bertz CT molecular complexity index is 623. The van der Waals surface area contributed by atoms with Crippen molar-refractivity contribution in [2.45, 2.75) is 77.0 Å². The van der Waals surface area contributed by atoms with E-state index in [9.17, 15) is 0 Å². The summed E-state index contributed by atoms with van der Waals surface area (Å²) in [6.45, 7) is 16.0. The van der Waals surface area contributed by atoms with Crippen molar-refractivity contribution in [1.29, 1.82) is 0 Å². The molecule has 0 amide bonds. The zero-order valence-electron chi connectivity index (χ0n) is 22.2. The first kappa shape index (κ1) is 35.5. The molecule has 0 heterocycles. The Morgan fingerprint density at radius 1 is 0.459 bits per heavy atom. The lowest BCUT2D eigenvalue weighted by Crippen LogP contribution is -2.43. The summed E-state index contributed by atoms with van der Waals surface area (Å²) in [5.74, 6) is 0. The van der Waals surface area contributed by atoms with Crippen molar-refractivity contribution >= 4 is 69.1 Å². The topological polar surface area (TPSA) is 36.9 Å². The highest BCUT2D eigenvalue weighted by Crippen LogP contribution is 2.24. The third-order valence-electron chi connectivity index (χ3n) is 5.31. The van der Waals surface area contributed by atoms with Crippen molar-refractivity contribution in [3.05, 3.63) is 50.6 Å². The van der Waals surface area contributed by atoms with Gasteiger partial charge in [0.15, 0.2) is 20.2 Å². The average Bonchev–Trinajstić information content (AvgIpc) is 2.88. The predicted octanol–water partition coefficient (Wildman–Crippen LogP) is 8.77. The van der Waals surface area contributed by atoms with Gasteiger partial charge in [0.2, 0.25) is 0 Å². The van der Waals surface area contributed by atoms with Gasteiger partial charge in [0.1, 0.15) is 31.8 Å². The molecule has 4 nitrogen and oxygen atoms in total. The van der Waals surface area contributed by atoms with E-state index in [1.807, 2.05) is 24.3 Å². The minimum Gasteiger partial charge on any atom is -0.486 e. The zero-order valence-corrected chi connectivity index (χ0v) is 25.5. The SMILES string of the molecule is C=CCCCC(=S)OCC(COC(=S)CCCC=C)(COC(=S)CCCC=C)COC(=S)CCCC=C. The van der Waals surface area contributed by atoms with E-state index >= 15 is 0 Å². The van der Waals surface area contributed by atoms with Gasteiger partial charge in [0.25, 0.3) is 0 Å². The largest absolute Gasteiger partial charge is 0.486 e. The molecule has 0 aromatic carbocycles. The fourth-order valence-corrected chi connectivity index (χ4v) is 3.85. The standard InChI is InChI=1S/C29H44O4S4/c1-5-9-13-17-25(34)30-21-29(22-31-26(35)18-14-10-6-2,23-32-27(36)19-15-11-7-3)24-33-28(37)20-16-12-8-4/h5-8H,1-4,9-24H2. The van der Waals surface area contributed by atoms with Gasteiger partial charge >= 0.3 is 0 Å². The Kier molecular flexibility index (Phi) is 22.7. The molecule has 0 spiro atoms. The Morgan fingerprint density at radius 3 is 0.865 bits per heavy atom. The molecule has 208 valence electrons. The van der Waals surface area contributed by atoms with Crippen LogP contribution in [-0.4, -0.2) is 46.6 Å². The molecule has 8 heteroatoms. The van der Waals surface area contributed by atoms with Crippen molar-refractivity contribution in [1.82, 2.24) is 0 Å². The number of hydrogen-bond acceptors (Lipinski definition) is 8. The Balaban J connectivity index is 5.51. The van der Waals surface area contributed by atoms with E-state index in [1.165, 1.54) is 0 Å². The number of unbranched alkanes of at least 4 members (excludes halogenated alkanes) is 4. The van der Waals surface area contributed by atoms with Crippen LogP contribution >= 0.6 is 48.9 Å². The van der Waals surface area contributed by atoms with Gasteiger partial charge in [0, 0.05) is 25.7 Å². The van der Waals surface area contributed by atoms with Crippen molar-refractivity contribution < 1.29 is 18.9 Å². The molecule has 0 aliphatic carbocycles. The van der Waals surface area contributed by atoms with Crippen molar-refractivity contribution in [3.8, 4) is 0 Å². The second kappa shape index (κ2) is 23.6. The monoisotopic (exact) mass is 584 g/mol. The summed E-state index contributed by atoms with van der Waals surface area (Å²) in [6, 6.07) is 0. The fraction of sp³-hybridized carbons (Fsp3) is 0.586. The Morgan fingerprint density at radius 2 is 0.676 bits per heavy atom. The molecule has 37 heavy (non-hydrogen) atoms. The van der Waals surface area contributed by atoms with Crippen LogP contribution in [0.5, 0.6) is 0 Å². The molecule has 0 aliphatic heterocycles. The lowest BCUT2D eigenvalue weighted by Gasteiger charge is -2.33. The van der Waals surface area contributed by atoms with Crippen molar-refractivity contribution in [3.63, 3.8) is 0 Å². The molecule has 0 aromatic heterocycles. The summed E-state index contributed by atoms with van der Waals surface area (Å²) in [4.78, 5) is 0. The van der Waals surface area contributed by atoms with Gasteiger partial charge in [-0.05, 0) is 100 Å². The summed E-state index contributed by atoms with van der Waals surface area (Å²) < 4.78 is 24.1. The predicted molar refractivity (Wildman–Crippen MR) is 173 cm³/mol. The molecule has 0 aliphatic rings. The first-order valence-corrected chi connectivity index (χ1v) is 14.5. The molecule has 0 bridgehead atoms. The normalized spacial score (nSPS) is 10.6. The third kappa shape index (κ3) is 20.2. The van der Waals surface area contributed by atoms with Gasteiger partial charge in [-0.2, -0.15) is 0 Å². The molecule has 0 atom stereocenters. The number of rotatable bonds is 24. The molecule has 0 saturated carbocycles. The highest BCUT2D eigenvalue weighted by Gasteiger charge is 2.36. The molecule has 0 radical (unpaired) electrons. The van der Waals surface area contributed by atoms with Crippen LogP contribution in [0.2, 0.25) is 0 Å². The van der Waals surface area contributed by atoms with E-state index < -0.39 is 5.41 Å². The fourth-order valence-electron chi connectivity index (χ4n) is 3.04. The van der Waals surface area contributed by atoms with Crippen molar-refractivity contribution in [2.75, 3.05) is 26.4 Å². The summed E-state index contributed by atoms with van der Waals surface area (Å²) in [5, 5.41) is 2.12. The number of allylic oxidation sites excluding steroid dienone is 4. The molecule has 0 aromatic rings. The number of hydrogen-bond donors (Lipinski definition) is 0. The lowest BCUT2D eigenvalue weighted by molar-refractivity contribution is -0.0162. The molecular formula is C29H44O4S4. The van der Waals surface area contributed by atoms with E-state index in [4.69, 9.17) is 67.8 Å². The van der Waals surface area contributed by atoms with E-state index in [0.29, 0.717) is 45.9 Å². The van der Waals surface area contributed by atoms with Crippen LogP contribution in [0, 0.1) is 5.41 Å².